The summed E-state index contributed by atoms with van der Waals surface area (Å²) in [6.07, 6.45) is 1.43. The largest absolute Gasteiger partial charge is 0.324 e. The van der Waals surface area contributed by atoms with Gasteiger partial charge in [-0.2, -0.15) is 0 Å². The van der Waals surface area contributed by atoms with Gasteiger partial charge in [0.1, 0.15) is 15.7 Å². The van der Waals surface area contributed by atoms with Crippen LogP contribution >= 0.6 is 15.9 Å². The lowest BCUT2D eigenvalue weighted by molar-refractivity contribution is 0.588. The van der Waals surface area contributed by atoms with Gasteiger partial charge < -0.3 is 5.73 Å². The summed E-state index contributed by atoms with van der Waals surface area (Å²) in [5.74, 6) is -0.399. The molecular weight excluding hydrogens is 297 g/mol. The highest BCUT2D eigenvalue weighted by Gasteiger charge is 2.14. The summed E-state index contributed by atoms with van der Waals surface area (Å²) >= 11 is 3.10. The predicted octanol–water partition coefficient (Wildman–Crippen LogP) is 2.02. The lowest BCUT2D eigenvalue weighted by atomic mass is 10.1. The van der Waals surface area contributed by atoms with E-state index in [1.807, 2.05) is 0 Å². The average molecular weight is 310 g/mol. The number of hydrogen-bond acceptors (Lipinski definition) is 3. The van der Waals surface area contributed by atoms with Crippen molar-refractivity contribution in [3.8, 4) is 0 Å². The van der Waals surface area contributed by atoms with Crippen molar-refractivity contribution in [2.24, 2.45) is 5.73 Å². The van der Waals surface area contributed by atoms with Gasteiger partial charge in [-0.3, -0.25) is 0 Å². The topological polar surface area (TPSA) is 60.2 Å². The minimum absolute atomic E-state index is 0.00286. The van der Waals surface area contributed by atoms with Gasteiger partial charge in [0.15, 0.2) is 0 Å². The molecule has 90 valence electrons. The van der Waals surface area contributed by atoms with Crippen molar-refractivity contribution in [2.75, 3.05) is 12.0 Å². The minimum Gasteiger partial charge on any atom is -0.324 e. The third kappa shape index (κ3) is 3.84. The third-order valence-corrected chi connectivity index (χ3v) is 3.99. The van der Waals surface area contributed by atoms with Crippen molar-refractivity contribution >= 4 is 25.8 Å². The molecule has 16 heavy (non-hydrogen) atoms. The van der Waals surface area contributed by atoms with E-state index >= 15 is 0 Å². The fraction of sp³-hybridized carbons (Fsp3) is 0.400. The summed E-state index contributed by atoms with van der Waals surface area (Å²) in [7, 11) is -3.04. The van der Waals surface area contributed by atoms with Crippen LogP contribution in [0.3, 0.4) is 0 Å². The first-order chi connectivity index (χ1) is 7.31. The maximum atomic E-state index is 13.2. The highest BCUT2D eigenvalue weighted by Crippen LogP contribution is 2.26. The molecule has 0 bridgehead atoms. The first-order valence-electron chi connectivity index (χ1n) is 4.68. The van der Waals surface area contributed by atoms with Crippen molar-refractivity contribution < 1.29 is 12.8 Å². The molecule has 0 aliphatic heterocycles. The Kier molecular flexibility index (Phi) is 4.46. The van der Waals surface area contributed by atoms with Gasteiger partial charge in [-0.1, -0.05) is 12.1 Å². The van der Waals surface area contributed by atoms with Gasteiger partial charge in [0.05, 0.1) is 10.2 Å². The predicted molar refractivity (Wildman–Crippen MR) is 65.4 cm³/mol. The van der Waals surface area contributed by atoms with E-state index in [0.717, 1.165) is 6.26 Å². The standard InChI is InChI=1S/C10H13BrFNO2S/c1-16(14,15)6-5-9(13)7-3-2-4-8(12)10(7)11/h2-4,9H,5-6,13H2,1H3. The van der Waals surface area contributed by atoms with Crippen LogP contribution in [0.25, 0.3) is 0 Å². The highest BCUT2D eigenvalue weighted by molar-refractivity contribution is 9.10. The number of nitrogens with two attached hydrogens (primary N) is 1. The first-order valence-corrected chi connectivity index (χ1v) is 7.54. The number of halogens is 2. The lowest BCUT2D eigenvalue weighted by Gasteiger charge is -2.13. The summed E-state index contributed by atoms with van der Waals surface area (Å²) in [5.41, 5.74) is 6.40. The number of hydrogen-bond donors (Lipinski definition) is 1. The zero-order chi connectivity index (χ0) is 12.3. The molecule has 0 radical (unpaired) electrons. The number of sulfone groups is 1. The summed E-state index contributed by atoms with van der Waals surface area (Å²) in [6, 6.07) is 4.06. The molecule has 0 saturated heterocycles. The quantitative estimate of drug-likeness (QED) is 0.925. The molecule has 0 spiro atoms. The van der Waals surface area contributed by atoms with Gasteiger partial charge in [0, 0.05) is 12.3 Å². The van der Waals surface area contributed by atoms with Gasteiger partial charge in [-0.15, -0.1) is 0 Å². The van der Waals surface area contributed by atoms with Crippen LogP contribution in [0.1, 0.15) is 18.0 Å². The Bertz CT molecular complexity index is 476. The van der Waals surface area contributed by atoms with Crippen molar-refractivity contribution in [1.82, 2.24) is 0 Å². The lowest BCUT2D eigenvalue weighted by Crippen LogP contribution is -2.16. The van der Waals surface area contributed by atoms with Crippen LogP contribution in [0.2, 0.25) is 0 Å². The fourth-order valence-electron chi connectivity index (χ4n) is 1.30. The molecule has 0 heterocycles. The van der Waals surface area contributed by atoms with E-state index in [1.165, 1.54) is 6.07 Å². The van der Waals surface area contributed by atoms with Crippen molar-refractivity contribution in [2.45, 2.75) is 12.5 Å². The molecule has 0 aliphatic carbocycles. The van der Waals surface area contributed by atoms with Crippen LogP contribution in [0.4, 0.5) is 4.39 Å². The molecule has 1 atom stereocenters. The van der Waals surface area contributed by atoms with Gasteiger partial charge in [0.2, 0.25) is 0 Å². The second-order valence-electron chi connectivity index (χ2n) is 3.67. The monoisotopic (exact) mass is 309 g/mol. The van der Waals surface area contributed by atoms with E-state index in [9.17, 15) is 12.8 Å². The van der Waals surface area contributed by atoms with Crippen molar-refractivity contribution in [1.29, 1.82) is 0 Å². The summed E-state index contributed by atoms with van der Waals surface area (Å²) < 4.78 is 35.5. The highest BCUT2D eigenvalue weighted by atomic mass is 79.9. The second-order valence-corrected chi connectivity index (χ2v) is 6.72. The Morgan fingerprint density at radius 1 is 1.50 bits per heavy atom. The molecule has 0 saturated carbocycles. The van der Waals surface area contributed by atoms with E-state index in [2.05, 4.69) is 15.9 Å². The Labute approximate surface area is 103 Å². The maximum absolute atomic E-state index is 13.2. The Balaban J connectivity index is 2.81. The van der Waals surface area contributed by atoms with Gasteiger partial charge in [-0.25, -0.2) is 12.8 Å². The molecule has 0 aromatic heterocycles. The molecule has 3 nitrogen and oxygen atoms in total. The van der Waals surface area contributed by atoms with E-state index in [1.54, 1.807) is 12.1 Å². The van der Waals surface area contributed by atoms with Crippen molar-refractivity contribution in [3.63, 3.8) is 0 Å². The normalized spacial score (nSPS) is 13.8. The Morgan fingerprint density at radius 2 is 2.12 bits per heavy atom. The minimum atomic E-state index is -3.04. The van der Waals surface area contributed by atoms with Crippen LogP contribution in [0.15, 0.2) is 22.7 Å². The van der Waals surface area contributed by atoms with Crippen LogP contribution in [-0.2, 0) is 9.84 Å². The number of benzene rings is 1. The molecule has 6 heteroatoms. The fourth-order valence-corrected chi connectivity index (χ4v) is 2.54. The SMILES string of the molecule is CS(=O)(=O)CCC(N)c1cccc(F)c1Br. The van der Waals surface area contributed by atoms with E-state index in [-0.39, 0.29) is 12.2 Å². The van der Waals surface area contributed by atoms with Crippen LogP contribution in [-0.4, -0.2) is 20.4 Å². The summed E-state index contributed by atoms with van der Waals surface area (Å²) in [6.45, 7) is 0. The van der Waals surface area contributed by atoms with Gasteiger partial charge in [-0.05, 0) is 34.0 Å². The molecule has 0 amide bonds. The smallest absolute Gasteiger partial charge is 0.147 e. The van der Waals surface area contributed by atoms with Gasteiger partial charge in [0.25, 0.3) is 0 Å². The first kappa shape index (κ1) is 13.6. The molecule has 1 unspecified atom stereocenters. The molecule has 1 aromatic rings. The Morgan fingerprint density at radius 3 is 2.69 bits per heavy atom. The molecule has 0 fully saturated rings. The molecule has 1 aromatic carbocycles. The van der Waals surface area contributed by atoms with E-state index < -0.39 is 21.7 Å². The summed E-state index contributed by atoms with van der Waals surface area (Å²) in [4.78, 5) is 0. The Hall–Kier alpha value is -0.460. The third-order valence-electron chi connectivity index (χ3n) is 2.18. The zero-order valence-electron chi connectivity index (χ0n) is 8.78. The van der Waals surface area contributed by atoms with Crippen molar-refractivity contribution in [3.05, 3.63) is 34.1 Å². The van der Waals surface area contributed by atoms with E-state index in [0.29, 0.717) is 10.0 Å². The number of rotatable bonds is 4. The molecule has 2 N–H and O–H groups in total. The molecular formula is C10H13BrFNO2S. The van der Waals surface area contributed by atoms with E-state index in [4.69, 9.17) is 5.73 Å². The second kappa shape index (κ2) is 5.25. The summed E-state index contributed by atoms with van der Waals surface area (Å²) in [5, 5.41) is 0. The molecule has 0 aliphatic rings. The molecule has 1 rings (SSSR count). The van der Waals surface area contributed by atoms with Crippen LogP contribution in [0, 0.1) is 5.82 Å². The average Bonchev–Trinajstić information content (AvgIpc) is 2.17. The zero-order valence-corrected chi connectivity index (χ0v) is 11.2. The van der Waals surface area contributed by atoms with Crippen LogP contribution < -0.4 is 5.73 Å². The van der Waals surface area contributed by atoms with Gasteiger partial charge >= 0.3 is 0 Å². The van der Waals surface area contributed by atoms with Crippen LogP contribution in [0.5, 0.6) is 0 Å². The maximum Gasteiger partial charge on any atom is 0.147 e.